The maximum Gasteiger partial charge on any atom is 0.355 e. The quantitative estimate of drug-likeness (QED) is 0.527. The molecule has 160 valence electrons. The second kappa shape index (κ2) is 9.03. The summed E-state index contributed by atoms with van der Waals surface area (Å²) < 4.78 is 10.6. The SMILES string of the molecule is CC1=C(C(=O)OCc2ccccc2)N2C(=O)C(NC(=O)Cc3ccco3)[C@H]2S/C1=C\Cl. The molecule has 2 aliphatic rings. The highest BCUT2D eigenvalue weighted by Crippen LogP contribution is 2.46. The van der Waals surface area contributed by atoms with Crippen LogP contribution in [0.5, 0.6) is 0 Å². The van der Waals surface area contributed by atoms with Crippen LogP contribution in [0.3, 0.4) is 0 Å². The van der Waals surface area contributed by atoms with E-state index < -0.39 is 17.4 Å². The first-order valence-corrected chi connectivity index (χ1v) is 10.9. The number of furan rings is 1. The highest BCUT2D eigenvalue weighted by atomic mass is 35.5. The summed E-state index contributed by atoms with van der Waals surface area (Å²) in [7, 11) is 0. The fourth-order valence-electron chi connectivity index (χ4n) is 3.42. The number of nitrogens with one attached hydrogen (secondary N) is 1. The molecule has 2 atom stereocenters. The highest BCUT2D eigenvalue weighted by Gasteiger charge is 2.55. The molecule has 2 amide bonds. The van der Waals surface area contributed by atoms with Crippen molar-refractivity contribution in [2.75, 3.05) is 0 Å². The average molecular weight is 459 g/mol. The largest absolute Gasteiger partial charge is 0.469 e. The third-order valence-corrected chi connectivity index (χ3v) is 6.74. The van der Waals surface area contributed by atoms with Gasteiger partial charge in [-0.15, -0.1) is 0 Å². The second-order valence-electron chi connectivity index (χ2n) is 7.03. The molecule has 0 bridgehead atoms. The number of β-lactam (4-membered cyclic amide) rings is 1. The molecular formula is C22H19ClN2O5S. The van der Waals surface area contributed by atoms with E-state index >= 15 is 0 Å². The van der Waals surface area contributed by atoms with Gasteiger partial charge in [-0.05, 0) is 30.2 Å². The number of allylic oxidation sites excluding steroid dienone is 1. The number of halogens is 1. The molecular weight excluding hydrogens is 440 g/mol. The molecule has 2 aliphatic heterocycles. The van der Waals surface area contributed by atoms with E-state index in [9.17, 15) is 14.4 Å². The van der Waals surface area contributed by atoms with Gasteiger partial charge in [-0.25, -0.2) is 4.79 Å². The molecule has 1 N–H and O–H groups in total. The monoisotopic (exact) mass is 458 g/mol. The molecule has 2 aromatic rings. The minimum Gasteiger partial charge on any atom is -0.469 e. The minimum absolute atomic E-state index is 0.0210. The molecule has 4 rings (SSSR count). The number of carbonyl (C=O) groups excluding carboxylic acids is 3. The standard InChI is InChI=1S/C22H19ClN2O5S/c1-13-16(11-23)31-21-18(24-17(26)10-15-8-5-9-29-15)20(27)25(21)19(13)22(28)30-12-14-6-3-2-4-7-14/h2-9,11,18,21H,10,12H2,1H3,(H,24,26)/b16-11-/t18?,21-/m1/s1. The van der Waals surface area contributed by atoms with Crippen LogP contribution in [0.1, 0.15) is 18.2 Å². The summed E-state index contributed by atoms with van der Waals surface area (Å²) in [4.78, 5) is 40.1. The predicted octanol–water partition coefficient (Wildman–Crippen LogP) is 3.32. The van der Waals surface area contributed by atoms with Crippen molar-refractivity contribution in [3.05, 3.63) is 81.8 Å². The van der Waals surface area contributed by atoms with E-state index in [1.807, 2.05) is 30.3 Å². The fourth-order valence-corrected chi connectivity index (χ4v) is 4.96. The zero-order valence-corrected chi connectivity index (χ0v) is 18.1. The van der Waals surface area contributed by atoms with Crippen LogP contribution in [-0.4, -0.2) is 34.1 Å². The Bertz CT molecular complexity index is 1060. The van der Waals surface area contributed by atoms with E-state index in [2.05, 4.69) is 5.32 Å². The Balaban J connectivity index is 1.48. The molecule has 0 aliphatic carbocycles. The van der Waals surface area contributed by atoms with Gasteiger partial charge < -0.3 is 14.5 Å². The average Bonchev–Trinajstić information content (AvgIpc) is 3.29. The van der Waals surface area contributed by atoms with Gasteiger partial charge in [0.05, 0.1) is 12.7 Å². The third-order valence-electron chi connectivity index (χ3n) is 4.99. The molecule has 3 heterocycles. The molecule has 1 aromatic heterocycles. The lowest BCUT2D eigenvalue weighted by Gasteiger charge is -2.49. The van der Waals surface area contributed by atoms with Crippen LogP contribution in [0.25, 0.3) is 0 Å². The van der Waals surface area contributed by atoms with Gasteiger partial charge in [0.15, 0.2) is 0 Å². The third kappa shape index (κ3) is 4.26. The van der Waals surface area contributed by atoms with Crippen LogP contribution in [0.4, 0.5) is 0 Å². The van der Waals surface area contributed by atoms with Crippen molar-refractivity contribution < 1.29 is 23.5 Å². The van der Waals surface area contributed by atoms with Gasteiger partial charge in [-0.1, -0.05) is 53.7 Å². The Kier molecular flexibility index (Phi) is 6.20. The van der Waals surface area contributed by atoms with Crippen LogP contribution in [0.15, 0.2) is 74.9 Å². The fraction of sp³-hybridized carbons (Fsp3) is 0.227. The Morgan fingerprint density at radius 3 is 2.71 bits per heavy atom. The van der Waals surface area contributed by atoms with Crippen LogP contribution in [0.2, 0.25) is 0 Å². The number of hydrogen-bond donors (Lipinski definition) is 1. The zero-order valence-electron chi connectivity index (χ0n) is 16.5. The number of hydrogen-bond acceptors (Lipinski definition) is 6. The maximum atomic E-state index is 12.9. The first-order chi connectivity index (χ1) is 15.0. The number of amides is 2. The van der Waals surface area contributed by atoms with E-state index in [1.165, 1.54) is 28.5 Å². The van der Waals surface area contributed by atoms with Crippen molar-refractivity contribution in [3.8, 4) is 0 Å². The first kappa shape index (κ1) is 21.3. The Hall–Kier alpha value is -2.97. The van der Waals surface area contributed by atoms with Crippen LogP contribution in [-0.2, 0) is 32.1 Å². The van der Waals surface area contributed by atoms with E-state index in [1.54, 1.807) is 19.1 Å². The normalized spacial score (nSPS) is 21.5. The van der Waals surface area contributed by atoms with Crippen LogP contribution < -0.4 is 5.32 Å². The van der Waals surface area contributed by atoms with Crippen molar-refractivity contribution in [2.45, 2.75) is 31.4 Å². The topological polar surface area (TPSA) is 88.9 Å². The van der Waals surface area contributed by atoms with E-state index in [-0.39, 0.29) is 30.5 Å². The van der Waals surface area contributed by atoms with Gasteiger partial charge in [0.1, 0.15) is 29.5 Å². The number of esters is 1. The first-order valence-electron chi connectivity index (χ1n) is 9.53. The van der Waals surface area contributed by atoms with Gasteiger partial charge in [-0.3, -0.25) is 14.5 Å². The lowest BCUT2D eigenvalue weighted by Crippen LogP contribution is -2.70. The van der Waals surface area contributed by atoms with Crippen molar-refractivity contribution >= 4 is 41.1 Å². The summed E-state index contributed by atoms with van der Waals surface area (Å²) in [5, 5.41) is 2.24. The number of thioether (sulfide) groups is 1. The number of nitrogens with zero attached hydrogens (tertiary/aromatic N) is 1. The summed E-state index contributed by atoms with van der Waals surface area (Å²) in [5.41, 5.74) is 2.91. The summed E-state index contributed by atoms with van der Waals surface area (Å²) in [5.74, 6) is -0.828. The van der Waals surface area contributed by atoms with E-state index in [0.29, 0.717) is 16.2 Å². The van der Waals surface area contributed by atoms with Crippen LogP contribution in [0, 0.1) is 0 Å². The smallest absolute Gasteiger partial charge is 0.355 e. The van der Waals surface area contributed by atoms with Crippen molar-refractivity contribution in [1.29, 1.82) is 0 Å². The number of carbonyl (C=O) groups is 3. The lowest BCUT2D eigenvalue weighted by atomic mass is 10.0. The number of benzene rings is 1. The molecule has 0 spiro atoms. The Morgan fingerprint density at radius 1 is 1.26 bits per heavy atom. The molecule has 1 fully saturated rings. The maximum absolute atomic E-state index is 12.9. The molecule has 7 nitrogen and oxygen atoms in total. The number of rotatable bonds is 6. The van der Waals surface area contributed by atoms with Crippen molar-refractivity contribution in [1.82, 2.24) is 10.2 Å². The Morgan fingerprint density at radius 2 is 2.03 bits per heavy atom. The van der Waals surface area contributed by atoms with Gasteiger partial charge in [0.25, 0.3) is 5.91 Å². The summed E-state index contributed by atoms with van der Waals surface area (Å²) in [6, 6.07) is 11.9. The summed E-state index contributed by atoms with van der Waals surface area (Å²) in [6.45, 7) is 1.80. The van der Waals surface area contributed by atoms with E-state index in [4.69, 9.17) is 20.8 Å². The molecule has 0 radical (unpaired) electrons. The predicted molar refractivity (Wildman–Crippen MR) is 115 cm³/mol. The summed E-state index contributed by atoms with van der Waals surface area (Å²) >= 11 is 7.28. The molecule has 9 heteroatoms. The molecule has 0 saturated carbocycles. The molecule has 1 saturated heterocycles. The lowest BCUT2D eigenvalue weighted by molar-refractivity contribution is -0.153. The van der Waals surface area contributed by atoms with Gasteiger partial charge in [0.2, 0.25) is 5.91 Å². The van der Waals surface area contributed by atoms with Crippen LogP contribution >= 0.6 is 23.4 Å². The second-order valence-corrected chi connectivity index (χ2v) is 8.40. The van der Waals surface area contributed by atoms with Gasteiger partial charge >= 0.3 is 5.97 Å². The highest BCUT2D eigenvalue weighted by molar-refractivity contribution is 8.04. The van der Waals surface area contributed by atoms with Gasteiger partial charge in [0, 0.05) is 10.4 Å². The zero-order chi connectivity index (χ0) is 22.0. The van der Waals surface area contributed by atoms with E-state index in [0.717, 1.165) is 5.56 Å². The molecule has 1 aromatic carbocycles. The number of ether oxygens (including phenoxy) is 1. The minimum atomic E-state index is -0.774. The molecule has 31 heavy (non-hydrogen) atoms. The number of fused-ring (bicyclic) bond motifs is 1. The van der Waals surface area contributed by atoms with Gasteiger partial charge in [-0.2, -0.15) is 0 Å². The molecule has 1 unspecified atom stereocenters. The van der Waals surface area contributed by atoms with Crippen molar-refractivity contribution in [3.63, 3.8) is 0 Å². The van der Waals surface area contributed by atoms with Crippen molar-refractivity contribution in [2.24, 2.45) is 0 Å². The summed E-state index contributed by atoms with van der Waals surface area (Å²) in [6.07, 6.45) is 1.50. The Labute approximate surface area is 188 Å².